The number of benzene rings is 1. The second kappa shape index (κ2) is 7.59. The molecule has 0 fully saturated rings. The molecule has 6 nitrogen and oxygen atoms in total. The number of hydrogen-bond donors (Lipinski definition) is 1. The summed E-state index contributed by atoms with van der Waals surface area (Å²) in [7, 11) is 0. The number of carbonyl (C=O) groups is 2. The molecule has 0 bridgehead atoms. The molecule has 1 aromatic heterocycles. The summed E-state index contributed by atoms with van der Waals surface area (Å²) >= 11 is 0. The molecule has 0 saturated heterocycles. The normalized spacial score (nSPS) is 10.5. The van der Waals surface area contributed by atoms with Crippen molar-refractivity contribution in [1.82, 2.24) is 4.57 Å². The summed E-state index contributed by atoms with van der Waals surface area (Å²) in [6.45, 7) is 5.18. The van der Waals surface area contributed by atoms with E-state index < -0.39 is 5.97 Å². The molecule has 0 atom stereocenters. The van der Waals surface area contributed by atoms with E-state index in [-0.39, 0.29) is 24.1 Å². The number of nitrogens with zero attached hydrogens (tertiary/aromatic N) is 1. The van der Waals surface area contributed by atoms with E-state index in [0.717, 1.165) is 0 Å². The average Bonchev–Trinajstić information content (AvgIpc) is 2.52. The first-order valence-corrected chi connectivity index (χ1v) is 7.64. The van der Waals surface area contributed by atoms with Crippen LogP contribution in [0.5, 0.6) is 0 Å². The molecule has 0 aliphatic rings. The minimum Gasteiger partial charge on any atom is -0.459 e. The third-order valence-electron chi connectivity index (χ3n) is 3.27. The first-order valence-electron chi connectivity index (χ1n) is 7.64. The Morgan fingerprint density at radius 1 is 1.17 bits per heavy atom. The van der Waals surface area contributed by atoms with Crippen LogP contribution in [0.25, 0.3) is 0 Å². The number of aryl methyl sites for hydroxylation is 1. The van der Waals surface area contributed by atoms with Gasteiger partial charge in [0.2, 0.25) is 5.91 Å². The van der Waals surface area contributed by atoms with Gasteiger partial charge in [-0.3, -0.25) is 9.59 Å². The highest BCUT2D eigenvalue weighted by atomic mass is 16.5. The molecule has 2 rings (SSSR count). The maximum absolute atomic E-state index is 12.0. The lowest BCUT2D eigenvalue weighted by Gasteiger charge is -2.10. The Morgan fingerprint density at radius 3 is 2.46 bits per heavy atom. The fourth-order valence-corrected chi connectivity index (χ4v) is 2.11. The van der Waals surface area contributed by atoms with Crippen LogP contribution in [0, 0.1) is 6.92 Å². The molecule has 0 aliphatic carbocycles. The third-order valence-corrected chi connectivity index (χ3v) is 3.27. The average molecular weight is 328 g/mol. The summed E-state index contributed by atoms with van der Waals surface area (Å²) in [5.74, 6) is -0.727. The third kappa shape index (κ3) is 4.55. The number of carbonyl (C=O) groups excluding carboxylic acids is 2. The second-order valence-corrected chi connectivity index (χ2v) is 5.70. The molecule has 6 heteroatoms. The molecule has 126 valence electrons. The van der Waals surface area contributed by atoms with Gasteiger partial charge in [0.05, 0.1) is 11.7 Å². The van der Waals surface area contributed by atoms with Crippen molar-refractivity contribution in [1.29, 1.82) is 0 Å². The molecule has 0 radical (unpaired) electrons. The van der Waals surface area contributed by atoms with E-state index in [9.17, 15) is 14.4 Å². The lowest BCUT2D eigenvalue weighted by atomic mass is 10.2. The first kappa shape index (κ1) is 17.5. The topological polar surface area (TPSA) is 77.4 Å². The molecule has 24 heavy (non-hydrogen) atoms. The highest BCUT2D eigenvalue weighted by Gasteiger charge is 2.10. The molecule has 2 aromatic rings. The standard InChI is InChI=1S/C18H20N2O4/c1-12(2)24-18(23)14-6-8-15(9-7-14)19-16(21)11-20-10-4-5-13(3)17(20)22/h4-10,12H,11H2,1-3H3,(H,19,21). The van der Waals surface area contributed by atoms with Crippen LogP contribution in [0.2, 0.25) is 0 Å². The van der Waals surface area contributed by atoms with Gasteiger partial charge in [-0.25, -0.2) is 4.79 Å². The number of aromatic nitrogens is 1. The molecule has 0 spiro atoms. The Bertz CT molecular complexity index is 791. The van der Waals surface area contributed by atoms with Gasteiger partial charge in [0, 0.05) is 17.4 Å². The predicted molar refractivity (Wildman–Crippen MR) is 91.1 cm³/mol. The largest absolute Gasteiger partial charge is 0.459 e. The van der Waals surface area contributed by atoms with Crippen LogP contribution in [0.3, 0.4) is 0 Å². The molecule has 0 saturated carbocycles. The van der Waals surface area contributed by atoms with Crippen LogP contribution < -0.4 is 10.9 Å². The lowest BCUT2D eigenvalue weighted by molar-refractivity contribution is -0.116. The van der Waals surface area contributed by atoms with E-state index in [0.29, 0.717) is 16.8 Å². The smallest absolute Gasteiger partial charge is 0.338 e. The van der Waals surface area contributed by atoms with Crippen molar-refractivity contribution in [3.63, 3.8) is 0 Å². The van der Waals surface area contributed by atoms with Gasteiger partial charge < -0.3 is 14.6 Å². The van der Waals surface area contributed by atoms with E-state index in [4.69, 9.17) is 4.74 Å². The van der Waals surface area contributed by atoms with Crippen molar-refractivity contribution in [2.75, 3.05) is 5.32 Å². The predicted octanol–water partition coefficient (Wildman–Crippen LogP) is 2.36. The highest BCUT2D eigenvalue weighted by Crippen LogP contribution is 2.11. The van der Waals surface area contributed by atoms with Crippen LogP contribution in [0.15, 0.2) is 47.4 Å². The summed E-state index contributed by atoms with van der Waals surface area (Å²) in [5.41, 5.74) is 1.34. The summed E-state index contributed by atoms with van der Waals surface area (Å²) in [5, 5.41) is 2.69. The number of hydrogen-bond acceptors (Lipinski definition) is 4. The van der Waals surface area contributed by atoms with Gasteiger partial charge in [0.25, 0.3) is 5.56 Å². The van der Waals surface area contributed by atoms with E-state index in [2.05, 4.69) is 5.32 Å². The van der Waals surface area contributed by atoms with Gasteiger partial charge in [-0.1, -0.05) is 6.07 Å². The van der Waals surface area contributed by atoms with Crippen molar-refractivity contribution >= 4 is 17.6 Å². The number of esters is 1. The SMILES string of the molecule is Cc1cccn(CC(=O)Nc2ccc(C(=O)OC(C)C)cc2)c1=O. The van der Waals surface area contributed by atoms with E-state index in [1.807, 2.05) is 0 Å². The maximum Gasteiger partial charge on any atom is 0.338 e. The number of pyridine rings is 1. The molecule has 1 aromatic carbocycles. The quantitative estimate of drug-likeness (QED) is 0.855. The van der Waals surface area contributed by atoms with Gasteiger partial charge in [-0.15, -0.1) is 0 Å². The van der Waals surface area contributed by atoms with Gasteiger partial charge in [0.15, 0.2) is 0 Å². The molecule has 1 N–H and O–H groups in total. The van der Waals surface area contributed by atoms with Gasteiger partial charge >= 0.3 is 5.97 Å². The molecular weight excluding hydrogens is 308 g/mol. The Balaban J connectivity index is 2.01. The molecule has 0 aliphatic heterocycles. The molecule has 1 heterocycles. The fourth-order valence-electron chi connectivity index (χ4n) is 2.11. The lowest BCUT2D eigenvalue weighted by Crippen LogP contribution is -2.28. The summed E-state index contributed by atoms with van der Waals surface area (Å²) in [4.78, 5) is 35.7. The van der Waals surface area contributed by atoms with Crippen molar-refractivity contribution in [2.45, 2.75) is 33.4 Å². The number of rotatable bonds is 5. The highest BCUT2D eigenvalue weighted by molar-refractivity contribution is 5.93. The zero-order valence-electron chi connectivity index (χ0n) is 13.9. The van der Waals surface area contributed by atoms with E-state index >= 15 is 0 Å². The van der Waals surface area contributed by atoms with E-state index in [1.165, 1.54) is 4.57 Å². The van der Waals surface area contributed by atoms with Crippen molar-refractivity contribution in [2.24, 2.45) is 0 Å². The second-order valence-electron chi connectivity index (χ2n) is 5.70. The number of amides is 1. The van der Waals surface area contributed by atoms with Crippen molar-refractivity contribution in [3.05, 3.63) is 64.1 Å². The molecule has 1 amide bonds. The van der Waals surface area contributed by atoms with Gasteiger partial charge in [-0.2, -0.15) is 0 Å². The number of nitrogens with one attached hydrogen (secondary N) is 1. The zero-order valence-corrected chi connectivity index (χ0v) is 13.9. The van der Waals surface area contributed by atoms with Crippen LogP contribution in [-0.4, -0.2) is 22.5 Å². The van der Waals surface area contributed by atoms with Gasteiger partial charge in [0.1, 0.15) is 6.54 Å². The molecular formula is C18H20N2O4. The fraction of sp³-hybridized carbons (Fsp3) is 0.278. The van der Waals surface area contributed by atoms with Crippen molar-refractivity contribution < 1.29 is 14.3 Å². The Kier molecular flexibility index (Phi) is 5.52. The monoisotopic (exact) mass is 328 g/mol. The Morgan fingerprint density at radius 2 is 1.83 bits per heavy atom. The van der Waals surface area contributed by atoms with Crippen molar-refractivity contribution in [3.8, 4) is 0 Å². The first-order chi connectivity index (χ1) is 11.4. The molecule has 0 unspecified atom stereocenters. The van der Waals surface area contributed by atoms with Crippen LogP contribution in [-0.2, 0) is 16.1 Å². The Labute approximate surface area is 140 Å². The van der Waals surface area contributed by atoms with Crippen LogP contribution in [0.1, 0.15) is 29.8 Å². The maximum atomic E-state index is 12.0. The minimum absolute atomic E-state index is 0.0718. The van der Waals surface area contributed by atoms with E-state index in [1.54, 1.807) is 63.4 Å². The summed E-state index contributed by atoms with van der Waals surface area (Å²) < 4.78 is 6.44. The summed E-state index contributed by atoms with van der Waals surface area (Å²) in [6.07, 6.45) is 1.38. The zero-order chi connectivity index (χ0) is 17.7. The van der Waals surface area contributed by atoms with Gasteiger partial charge in [-0.05, 0) is 51.1 Å². The number of anilines is 1. The minimum atomic E-state index is -0.408. The van der Waals surface area contributed by atoms with Crippen LogP contribution >= 0.6 is 0 Å². The van der Waals surface area contributed by atoms with Crippen LogP contribution in [0.4, 0.5) is 5.69 Å². The summed E-state index contributed by atoms with van der Waals surface area (Å²) in [6, 6.07) is 9.82. The Hall–Kier alpha value is -2.89. The number of ether oxygens (including phenoxy) is 1.